The first-order valence-electron chi connectivity index (χ1n) is 5.57. The Morgan fingerprint density at radius 1 is 1.39 bits per heavy atom. The predicted molar refractivity (Wildman–Crippen MR) is 67.0 cm³/mol. The fourth-order valence-corrected chi connectivity index (χ4v) is 2.17. The molecule has 0 saturated carbocycles. The van der Waals surface area contributed by atoms with E-state index >= 15 is 0 Å². The Hall–Kier alpha value is -0.590. The van der Waals surface area contributed by atoms with Gasteiger partial charge >= 0.3 is 6.18 Å². The Labute approximate surface area is 112 Å². The van der Waals surface area contributed by atoms with Crippen LogP contribution >= 0.6 is 15.9 Å². The minimum atomic E-state index is -4.41. The number of hydrogen-bond acceptors (Lipinski definition) is 2. The zero-order chi connectivity index (χ0) is 13.9. The van der Waals surface area contributed by atoms with Crippen molar-refractivity contribution < 1.29 is 18.3 Å². The van der Waals surface area contributed by atoms with Gasteiger partial charge in [-0.05, 0) is 30.2 Å². The maximum absolute atomic E-state index is 12.6. The van der Waals surface area contributed by atoms with Crippen LogP contribution < -0.4 is 5.73 Å². The predicted octanol–water partition coefficient (Wildman–Crippen LogP) is 3.63. The van der Waals surface area contributed by atoms with Crippen molar-refractivity contribution in [1.29, 1.82) is 0 Å². The Bertz CT molecular complexity index is 409. The third-order valence-corrected chi connectivity index (χ3v) is 3.40. The molecule has 0 fully saturated rings. The molecule has 3 N–H and O–H groups in total. The van der Waals surface area contributed by atoms with E-state index in [0.717, 1.165) is 12.1 Å². The number of rotatable bonds is 4. The monoisotopic (exact) mass is 325 g/mol. The zero-order valence-corrected chi connectivity index (χ0v) is 11.4. The van der Waals surface area contributed by atoms with Crippen LogP contribution in [-0.2, 0) is 6.18 Å². The summed E-state index contributed by atoms with van der Waals surface area (Å²) in [5, 5.41) is 9.76. The summed E-state index contributed by atoms with van der Waals surface area (Å²) in [6, 6.07) is 2.43. The van der Waals surface area contributed by atoms with Gasteiger partial charge in [-0.25, -0.2) is 0 Å². The number of benzene rings is 1. The lowest BCUT2D eigenvalue weighted by atomic mass is 9.97. The van der Waals surface area contributed by atoms with E-state index in [2.05, 4.69) is 15.9 Å². The van der Waals surface area contributed by atoms with Crippen molar-refractivity contribution in [2.75, 3.05) is 0 Å². The van der Waals surface area contributed by atoms with E-state index in [9.17, 15) is 18.3 Å². The number of nitrogens with two attached hydrogens (primary N) is 1. The summed E-state index contributed by atoms with van der Waals surface area (Å²) in [7, 11) is 0. The summed E-state index contributed by atoms with van der Waals surface area (Å²) < 4.78 is 38.3. The standard InChI is InChI=1S/C12H15BrF3NO/c1-2-3-10(18)11(17)8-6-7(12(14,15)16)4-5-9(8)13/h4-6,10-11,18H,2-3,17H2,1H3/t10-,11+/m1/s1. The van der Waals surface area contributed by atoms with Gasteiger partial charge in [-0.2, -0.15) is 13.2 Å². The maximum atomic E-state index is 12.6. The molecule has 0 aliphatic carbocycles. The highest BCUT2D eigenvalue weighted by Crippen LogP contribution is 2.34. The molecule has 0 heterocycles. The normalized spacial score (nSPS) is 15.5. The molecule has 18 heavy (non-hydrogen) atoms. The summed E-state index contributed by atoms with van der Waals surface area (Å²) in [5.74, 6) is 0. The van der Waals surface area contributed by atoms with Crippen LogP contribution in [0.15, 0.2) is 22.7 Å². The first kappa shape index (κ1) is 15.5. The van der Waals surface area contributed by atoms with Gasteiger partial charge < -0.3 is 10.8 Å². The molecular formula is C12H15BrF3NO. The molecule has 0 unspecified atom stereocenters. The van der Waals surface area contributed by atoms with Crippen molar-refractivity contribution in [1.82, 2.24) is 0 Å². The third-order valence-electron chi connectivity index (χ3n) is 2.68. The van der Waals surface area contributed by atoms with E-state index in [-0.39, 0.29) is 5.56 Å². The molecule has 2 atom stereocenters. The lowest BCUT2D eigenvalue weighted by molar-refractivity contribution is -0.137. The average Bonchev–Trinajstić information content (AvgIpc) is 2.27. The third kappa shape index (κ3) is 3.70. The molecule has 0 saturated heterocycles. The molecule has 0 spiro atoms. The molecule has 0 aliphatic heterocycles. The second-order valence-corrected chi connectivity index (χ2v) is 4.97. The van der Waals surface area contributed by atoms with Crippen LogP contribution in [0.1, 0.15) is 36.9 Å². The van der Waals surface area contributed by atoms with Gasteiger partial charge in [0, 0.05) is 4.47 Å². The molecule has 1 aromatic rings. The van der Waals surface area contributed by atoms with Crippen molar-refractivity contribution in [2.45, 2.75) is 38.1 Å². The maximum Gasteiger partial charge on any atom is 0.416 e. The lowest BCUT2D eigenvalue weighted by Crippen LogP contribution is -2.26. The van der Waals surface area contributed by atoms with E-state index in [1.807, 2.05) is 6.92 Å². The zero-order valence-electron chi connectivity index (χ0n) is 9.84. The van der Waals surface area contributed by atoms with Gasteiger partial charge in [-0.3, -0.25) is 0 Å². The molecular weight excluding hydrogens is 311 g/mol. The van der Waals surface area contributed by atoms with E-state index < -0.39 is 23.9 Å². The highest BCUT2D eigenvalue weighted by Gasteiger charge is 2.32. The molecule has 1 rings (SSSR count). The van der Waals surface area contributed by atoms with Gasteiger partial charge in [0.15, 0.2) is 0 Å². The summed E-state index contributed by atoms with van der Waals surface area (Å²) in [4.78, 5) is 0. The lowest BCUT2D eigenvalue weighted by Gasteiger charge is -2.21. The van der Waals surface area contributed by atoms with E-state index in [4.69, 9.17) is 5.73 Å². The molecule has 1 aromatic carbocycles. The van der Waals surface area contributed by atoms with Crippen LogP contribution in [0, 0.1) is 0 Å². The summed E-state index contributed by atoms with van der Waals surface area (Å²) in [6.45, 7) is 1.87. The second kappa shape index (κ2) is 6.04. The van der Waals surface area contributed by atoms with Gasteiger partial charge in [-0.15, -0.1) is 0 Å². The highest BCUT2D eigenvalue weighted by atomic mass is 79.9. The fraction of sp³-hybridized carbons (Fsp3) is 0.500. The van der Waals surface area contributed by atoms with Crippen LogP contribution in [0.25, 0.3) is 0 Å². The minimum absolute atomic E-state index is 0.269. The summed E-state index contributed by atoms with van der Waals surface area (Å²) >= 11 is 3.16. The van der Waals surface area contributed by atoms with Crippen molar-refractivity contribution in [3.63, 3.8) is 0 Å². The number of aliphatic hydroxyl groups excluding tert-OH is 1. The molecule has 0 aliphatic rings. The molecule has 0 bridgehead atoms. The average molecular weight is 326 g/mol. The van der Waals surface area contributed by atoms with E-state index in [1.54, 1.807) is 0 Å². The molecule has 6 heteroatoms. The van der Waals surface area contributed by atoms with Gasteiger partial charge in [0.1, 0.15) is 0 Å². The van der Waals surface area contributed by atoms with Gasteiger partial charge in [-0.1, -0.05) is 29.3 Å². The van der Waals surface area contributed by atoms with Gasteiger partial charge in [0.05, 0.1) is 17.7 Å². The molecule has 0 aromatic heterocycles. The Morgan fingerprint density at radius 3 is 2.50 bits per heavy atom. The summed E-state index contributed by atoms with van der Waals surface area (Å²) in [5.41, 5.74) is 5.30. The Kier molecular flexibility index (Phi) is 5.19. The number of halogens is 4. The minimum Gasteiger partial charge on any atom is -0.391 e. The van der Waals surface area contributed by atoms with Crippen LogP contribution in [0.5, 0.6) is 0 Å². The van der Waals surface area contributed by atoms with Crippen molar-refractivity contribution >= 4 is 15.9 Å². The first-order chi connectivity index (χ1) is 8.27. The topological polar surface area (TPSA) is 46.2 Å². The smallest absolute Gasteiger partial charge is 0.391 e. The molecule has 0 amide bonds. The SMILES string of the molecule is CCC[C@@H](O)[C@@H](N)c1cc(C(F)(F)F)ccc1Br. The Balaban J connectivity index is 3.08. The van der Waals surface area contributed by atoms with Crippen LogP contribution in [0.3, 0.4) is 0 Å². The number of hydrogen-bond donors (Lipinski definition) is 2. The molecule has 2 nitrogen and oxygen atoms in total. The van der Waals surface area contributed by atoms with Crippen LogP contribution in [0.2, 0.25) is 0 Å². The summed E-state index contributed by atoms with van der Waals surface area (Å²) in [6.07, 6.45) is -4.10. The molecule has 102 valence electrons. The van der Waals surface area contributed by atoms with E-state index in [0.29, 0.717) is 17.3 Å². The number of alkyl halides is 3. The second-order valence-electron chi connectivity index (χ2n) is 4.12. The van der Waals surface area contributed by atoms with Gasteiger partial charge in [0.2, 0.25) is 0 Å². The largest absolute Gasteiger partial charge is 0.416 e. The van der Waals surface area contributed by atoms with Crippen molar-refractivity contribution in [2.24, 2.45) is 5.73 Å². The quantitative estimate of drug-likeness (QED) is 0.888. The van der Waals surface area contributed by atoms with Gasteiger partial charge in [0.25, 0.3) is 0 Å². The van der Waals surface area contributed by atoms with Crippen molar-refractivity contribution in [3.8, 4) is 0 Å². The Morgan fingerprint density at radius 2 is 2.00 bits per heavy atom. The fourth-order valence-electron chi connectivity index (χ4n) is 1.66. The molecule has 0 radical (unpaired) electrons. The van der Waals surface area contributed by atoms with Crippen LogP contribution in [0.4, 0.5) is 13.2 Å². The highest BCUT2D eigenvalue weighted by molar-refractivity contribution is 9.10. The van der Waals surface area contributed by atoms with Crippen LogP contribution in [-0.4, -0.2) is 11.2 Å². The van der Waals surface area contributed by atoms with Crippen molar-refractivity contribution in [3.05, 3.63) is 33.8 Å². The van der Waals surface area contributed by atoms with E-state index in [1.165, 1.54) is 6.07 Å². The first-order valence-corrected chi connectivity index (χ1v) is 6.37. The number of aliphatic hydroxyl groups is 1.